The lowest BCUT2D eigenvalue weighted by molar-refractivity contribution is 0.0323. The van der Waals surface area contributed by atoms with Crippen molar-refractivity contribution in [2.45, 2.75) is 6.54 Å². The third-order valence-electron chi connectivity index (χ3n) is 5.51. The Morgan fingerprint density at radius 1 is 1.21 bits per heavy atom. The van der Waals surface area contributed by atoms with Crippen molar-refractivity contribution in [1.82, 2.24) is 14.5 Å². The molecule has 1 aromatic carbocycles. The van der Waals surface area contributed by atoms with Crippen LogP contribution in [0.25, 0.3) is 10.9 Å². The number of aryl methyl sites for hydroxylation is 1. The van der Waals surface area contributed by atoms with Crippen LogP contribution in [0, 0.1) is 0 Å². The summed E-state index contributed by atoms with van der Waals surface area (Å²) in [6.07, 6.45) is 3.86. The van der Waals surface area contributed by atoms with Crippen LogP contribution in [0.1, 0.15) is 11.3 Å². The molecule has 4 heterocycles. The number of nitrogens with one attached hydrogen (secondary N) is 1. The quantitative estimate of drug-likeness (QED) is 0.725. The zero-order chi connectivity index (χ0) is 19.6. The topological polar surface area (TPSA) is 63.9 Å². The highest BCUT2D eigenvalue weighted by Crippen LogP contribution is 2.30. The minimum Gasteiger partial charge on any atom is -0.490 e. The van der Waals surface area contributed by atoms with Gasteiger partial charge in [0.1, 0.15) is 18.1 Å². The van der Waals surface area contributed by atoms with Gasteiger partial charge in [0.15, 0.2) is 5.84 Å². The van der Waals surface area contributed by atoms with E-state index in [1.165, 1.54) is 0 Å². The SMILES string of the molecule is Cn1cc(OCCN2CCOCC2)c2ccc(NC3=NCc4cccnc43)cc21. The van der Waals surface area contributed by atoms with Crippen molar-refractivity contribution in [2.24, 2.45) is 12.0 Å². The first kappa shape index (κ1) is 18.1. The average molecular weight is 391 g/mol. The maximum absolute atomic E-state index is 6.11. The van der Waals surface area contributed by atoms with Gasteiger partial charge in [-0.2, -0.15) is 0 Å². The van der Waals surface area contributed by atoms with E-state index < -0.39 is 0 Å². The molecule has 0 radical (unpaired) electrons. The maximum atomic E-state index is 6.11. The highest BCUT2D eigenvalue weighted by Gasteiger charge is 2.17. The zero-order valence-electron chi connectivity index (χ0n) is 16.6. The molecule has 0 bridgehead atoms. The minimum absolute atomic E-state index is 0.679. The molecule has 0 atom stereocenters. The molecule has 7 heteroatoms. The molecule has 0 aliphatic carbocycles. The second-order valence-corrected chi connectivity index (χ2v) is 7.44. The van der Waals surface area contributed by atoms with Crippen LogP contribution in [0.5, 0.6) is 5.75 Å². The van der Waals surface area contributed by atoms with E-state index in [1.54, 1.807) is 0 Å². The number of pyridine rings is 1. The summed E-state index contributed by atoms with van der Waals surface area (Å²) < 4.78 is 13.6. The highest BCUT2D eigenvalue weighted by molar-refractivity contribution is 6.10. The lowest BCUT2D eigenvalue weighted by Gasteiger charge is -2.26. The van der Waals surface area contributed by atoms with Gasteiger partial charge in [0.25, 0.3) is 0 Å². The molecule has 5 rings (SSSR count). The standard InChI is InChI=1S/C22H25N5O2/c1-26-15-20(29-12-9-27-7-10-28-11-8-27)18-5-4-17(13-19(18)26)25-22-21-16(14-24-22)3-2-6-23-21/h2-6,13,15H,7-12,14H2,1H3,(H,24,25). The summed E-state index contributed by atoms with van der Waals surface area (Å²) in [4.78, 5) is 11.4. The van der Waals surface area contributed by atoms with Gasteiger partial charge < -0.3 is 19.4 Å². The Hall–Kier alpha value is -2.90. The number of benzene rings is 1. The molecule has 0 spiro atoms. The van der Waals surface area contributed by atoms with E-state index in [4.69, 9.17) is 9.47 Å². The fourth-order valence-corrected chi connectivity index (χ4v) is 3.90. The monoisotopic (exact) mass is 391 g/mol. The molecule has 0 saturated carbocycles. The number of hydrogen-bond donors (Lipinski definition) is 1. The molecule has 2 aromatic heterocycles. The number of amidine groups is 1. The van der Waals surface area contributed by atoms with Crippen LogP contribution >= 0.6 is 0 Å². The number of hydrogen-bond acceptors (Lipinski definition) is 6. The summed E-state index contributed by atoms with van der Waals surface area (Å²) in [5, 5.41) is 4.54. The van der Waals surface area contributed by atoms with E-state index in [0.717, 1.165) is 72.3 Å². The lowest BCUT2D eigenvalue weighted by atomic mass is 10.2. The third-order valence-corrected chi connectivity index (χ3v) is 5.51. The number of morpholine rings is 1. The van der Waals surface area contributed by atoms with Crippen LogP contribution < -0.4 is 10.1 Å². The van der Waals surface area contributed by atoms with E-state index in [-0.39, 0.29) is 0 Å². The number of rotatable bonds is 5. The van der Waals surface area contributed by atoms with Crippen LogP contribution in [-0.2, 0) is 18.3 Å². The van der Waals surface area contributed by atoms with E-state index >= 15 is 0 Å². The number of aliphatic imine (C=N–C) groups is 1. The van der Waals surface area contributed by atoms with Crippen molar-refractivity contribution < 1.29 is 9.47 Å². The average Bonchev–Trinajstić information content (AvgIpc) is 3.30. The Kier molecular flexibility index (Phi) is 4.91. The summed E-state index contributed by atoms with van der Waals surface area (Å²) in [7, 11) is 2.05. The van der Waals surface area contributed by atoms with Crippen molar-refractivity contribution in [2.75, 3.05) is 44.8 Å². The van der Waals surface area contributed by atoms with Gasteiger partial charge in [0.05, 0.1) is 25.3 Å². The van der Waals surface area contributed by atoms with Crippen LogP contribution in [0.2, 0.25) is 0 Å². The van der Waals surface area contributed by atoms with Crippen molar-refractivity contribution in [1.29, 1.82) is 0 Å². The van der Waals surface area contributed by atoms with Gasteiger partial charge in [0, 0.05) is 55.7 Å². The van der Waals surface area contributed by atoms with Gasteiger partial charge >= 0.3 is 0 Å². The predicted octanol–water partition coefficient (Wildman–Crippen LogP) is 2.66. The molecule has 2 aliphatic rings. The first-order chi connectivity index (χ1) is 14.3. The number of aromatic nitrogens is 2. The predicted molar refractivity (Wildman–Crippen MR) is 114 cm³/mol. The largest absolute Gasteiger partial charge is 0.490 e. The molecule has 1 saturated heterocycles. The van der Waals surface area contributed by atoms with Gasteiger partial charge in [-0.25, -0.2) is 0 Å². The first-order valence-corrected chi connectivity index (χ1v) is 10.1. The van der Waals surface area contributed by atoms with E-state index in [9.17, 15) is 0 Å². The Morgan fingerprint density at radius 3 is 3.00 bits per heavy atom. The molecule has 150 valence electrons. The van der Waals surface area contributed by atoms with E-state index in [2.05, 4.69) is 55.2 Å². The highest BCUT2D eigenvalue weighted by atomic mass is 16.5. The van der Waals surface area contributed by atoms with Crippen LogP contribution in [0.4, 0.5) is 5.69 Å². The minimum atomic E-state index is 0.679. The van der Waals surface area contributed by atoms with Gasteiger partial charge in [0.2, 0.25) is 0 Å². The number of anilines is 1. The summed E-state index contributed by atoms with van der Waals surface area (Å²) in [5.74, 6) is 1.75. The van der Waals surface area contributed by atoms with Crippen molar-refractivity contribution >= 4 is 22.4 Å². The summed E-state index contributed by atoms with van der Waals surface area (Å²) in [5.41, 5.74) is 4.21. The molecule has 29 heavy (non-hydrogen) atoms. The molecule has 0 unspecified atom stereocenters. The third kappa shape index (κ3) is 3.71. The molecular weight excluding hydrogens is 366 g/mol. The summed E-state index contributed by atoms with van der Waals surface area (Å²) in [6.45, 7) is 5.87. The van der Waals surface area contributed by atoms with Crippen LogP contribution in [0.3, 0.4) is 0 Å². The Balaban J connectivity index is 1.29. The number of nitrogens with zero attached hydrogens (tertiary/aromatic N) is 4. The second-order valence-electron chi connectivity index (χ2n) is 7.44. The van der Waals surface area contributed by atoms with Gasteiger partial charge in [-0.15, -0.1) is 0 Å². The van der Waals surface area contributed by atoms with E-state index in [1.807, 2.05) is 19.3 Å². The summed E-state index contributed by atoms with van der Waals surface area (Å²) >= 11 is 0. The fourth-order valence-electron chi connectivity index (χ4n) is 3.90. The smallest absolute Gasteiger partial charge is 0.152 e. The van der Waals surface area contributed by atoms with Crippen LogP contribution in [-0.4, -0.2) is 59.7 Å². The molecule has 3 aromatic rings. The molecular formula is C22H25N5O2. The van der Waals surface area contributed by atoms with E-state index in [0.29, 0.717) is 13.2 Å². The second kappa shape index (κ2) is 7.85. The lowest BCUT2D eigenvalue weighted by Crippen LogP contribution is -2.38. The fraction of sp³-hybridized carbons (Fsp3) is 0.364. The molecule has 1 N–H and O–H groups in total. The van der Waals surface area contributed by atoms with Gasteiger partial charge in [-0.1, -0.05) is 6.07 Å². The molecule has 1 fully saturated rings. The van der Waals surface area contributed by atoms with Crippen LogP contribution in [0.15, 0.2) is 47.7 Å². The Bertz CT molecular complexity index is 1050. The van der Waals surface area contributed by atoms with Gasteiger partial charge in [-0.3, -0.25) is 14.9 Å². The Labute approximate surface area is 170 Å². The zero-order valence-corrected chi connectivity index (χ0v) is 16.6. The maximum Gasteiger partial charge on any atom is 0.152 e. The van der Waals surface area contributed by atoms with Crippen molar-refractivity contribution in [3.63, 3.8) is 0 Å². The number of fused-ring (bicyclic) bond motifs is 2. The first-order valence-electron chi connectivity index (χ1n) is 10.1. The molecule has 0 amide bonds. The van der Waals surface area contributed by atoms with Gasteiger partial charge in [-0.05, 0) is 24.3 Å². The summed E-state index contributed by atoms with van der Waals surface area (Å²) in [6, 6.07) is 10.3. The van der Waals surface area contributed by atoms with Crippen molar-refractivity contribution in [3.8, 4) is 5.75 Å². The molecule has 2 aliphatic heterocycles. The van der Waals surface area contributed by atoms with Crippen molar-refractivity contribution in [3.05, 3.63) is 54.0 Å². The Morgan fingerprint density at radius 2 is 2.10 bits per heavy atom. The number of ether oxygens (including phenoxy) is 2. The molecule has 7 nitrogen and oxygen atoms in total. The normalized spacial score (nSPS) is 16.7.